The van der Waals surface area contributed by atoms with Crippen LogP contribution in [0.1, 0.15) is 30.6 Å². The fraction of sp³-hybridized carbons (Fsp3) is 0.208. The highest BCUT2D eigenvalue weighted by molar-refractivity contribution is 6.08. The van der Waals surface area contributed by atoms with Gasteiger partial charge < -0.3 is 14.5 Å². The van der Waals surface area contributed by atoms with Gasteiger partial charge in [0.05, 0.1) is 6.61 Å². The molecule has 1 heterocycles. The second-order valence-electron chi connectivity index (χ2n) is 7.32. The predicted molar refractivity (Wildman–Crippen MR) is 113 cm³/mol. The van der Waals surface area contributed by atoms with Crippen molar-refractivity contribution in [1.82, 2.24) is 0 Å². The van der Waals surface area contributed by atoms with Gasteiger partial charge in [-0.15, -0.1) is 0 Å². The number of nitrogens with one attached hydrogen (secondary N) is 1. The molecule has 0 radical (unpaired) electrons. The molecule has 0 saturated heterocycles. The minimum Gasteiger partial charge on any atom is -0.494 e. The van der Waals surface area contributed by atoms with Crippen LogP contribution in [0.4, 0.5) is 5.69 Å². The highest BCUT2D eigenvalue weighted by Gasteiger charge is 2.11. The monoisotopic (exact) mass is 373 g/mol. The molecule has 28 heavy (non-hydrogen) atoms. The summed E-state index contributed by atoms with van der Waals surface area (Å²) < 4.78 is 11.6. The van der Waals surface area contributed by atoms with E-state index in [2.05, 4.69) is 19.2 Å². The lowest BCUT2D eigenvalue weighted by Gasteiger charge is -2.10. The van der Waals surface area contributed by atoms with Crippen molar-refractivity contribution >= 4 is 33.5 Å². The first-order chi connectivity index (χ1) is 13.6. The Hall–Kier alpha value is -3.27. The molecule has 3 aromatic carbocycles. The Morgan fingerprint density at radius 2 is 1.79 bits per heavy atom. The number of ether oxygens (including phenoxy) is 1. The van der Waals surface area contributed by atoms with Crippen LogP contribution in [0.2, 0.25) is 0 Å². The Morgan fingerprint density at radius 3 is 2.64 bits per heavy atom. The molecule has 142 valence electrons. The van der Waals surface area contributed by atoms with E-state index in [1.54, 1.807) is 12.1 Å². The number of rotatable bonds is 6. The Labute approximate surface area is 164 Å². The van der Waals surface area contributed by atoms with E-state index in [0.29, 0.717) is 29.5 Å². The third-order valence-corrected chi connectivity index (χ3v) is 4.70. The molecule has 0 aliphatic heterocycles. The van der Waals surface area contributed by atoms with Crippen molar-refractivity contribution in [2.24, 2.45) is 5.92 Å². The van der Waals surface area contributed by atoms with E-state index in [1.165, 1.54) is 0 Å². The van der Waals surface area contributed by atoms with Gasteiger partial charge in [-0.25, -0.2) is 0 Å². The van der Waals surface area contributed by atoms with E-state index >= 15 is 0 Å². The van der Waals surface area contributed by atoms with Crippen LogP contribution < -0.4 is 10.1 Å². The van der Waals surface area contributed by atoms with Crippen LogP contribution in [-0.4, -0.2) is 12.5 Å². The average molecular weight is 373 g/mol. The van der Waals surface area contributed by atoms with Crippen LogP contribution in [0.5, 0.6) is 5.75 Å². The van der Waals surface area contributed by atoms with Crippen molar-refractivity contribution in [2.45, 2.75) is 20.3 Å². The summed E-state index contributed by atoms with van der Waals surface area (Å²) in [6.45, 7) is 4.96. The summed E-state index contributed by atoms with van der Waals surface area (Å²) in [6, 6.07) is 20.9. The Bertz CT molecular complexity index is 1130. The van der Waals surface area contributed by atoms with E-state index in [0.717, 1.165) is 28.4 Å². The fourth-order valence-corrected chi connectivity index (χ4v) is 3.15. The molecular weight excluding hydrogens is 350 g/mol. The molecule has 0 aliphatic rings. The van der Waals surface area contributed by atoms with Crippen molar-refractivity contribution in [1.29, 1.82) is 0 Å². The lowest BCUT2D eigenvalue weighted by atomic mass is 10.1. The average Bonchev–Trinajstić information content (AvgIpc) is 3.05. The molecular formula is C24H23NO3. The fourth-order valence-electron chi connectivity index (χ4n) is 3.15. The summed E-state index contributed by atoms with van der Waals surface area (Å²) in [5, 5.41) is 5.05. The van der Waals surface area contributed by atoms with Crippen molar-refractivity contribution in [3.63, 3.8) is 0 Å². The number of anilines is 1. The summed E-state index contributed by atoms with van der Waals surface area (Å²) in [4.78, 5) is 12.7. The number of carbonyl (C=O) groups excluding carboxylic acids is 1. The first-order valence-electron chi connectivity index (χ1n) is 9.55. The minimum absolute atomic E-state index is 0.176. The maximum Gasteiger partial charge on any atom is 0.255 e. The highest BCUT2D eigenvalue weighted by Crippen LogP contribution is 2.30. The molecule has 4 nitrogen and oxygen atoms in total. The topological polar surface area (TPSA) is 51.5 Å². The zero-order valence-corrected chi connectivity index (χ0v) is 16.1. The van der Waals surface area contributed by atoms with Crippen LogP contribution in [0.3, 0.4) is 0 Å². The second kappa shape index (κ2) is 7.77. The van der Waals surface area contributed by atoms with Gasteiger partial charge in [-0.3, -0.25) is 4.79 Å². The summed E-state index contributed by atoms with van der Waals surface area (Å²) in [5.74, 6) is 1.12. The number of fused-ring (bicyclic) bond motifs is 3. The molecule has 4 aromatic rings. The van der Waals surface area contributed by atoms with Gasteiger partial charge in [0.2, 0.25) is 0 Å². The van der Waals surface area contributed by atoms with Crippen LogP contribution in [0.25, 0.3) is 21.9 Å². The molecule has 1 aromatic heterocycles. The number of furan rings is 1. The van der Waals surface area contributed by atoms with Crippen LogP contribution >= 0.6 is 0 Å². The molecule has 0 saturated carbocycles. The van der Waals surface area contributed by atoms with Gasteiger partial charge in [-0.05, 0) is 48.7 Å². The van der Waals surface area contributed by atoms with Gasteiger partial charge in [-0.1, -0.05) is 38.1 Å². The maximum absolute atomic E-state index is 12.7. The number of hydrogen-bond donors (Lipinski definition) is 1. The third-order valence-electron chi connectivity index (χ3n) is 4.70. The molecule has 0 aliphatic carbocycles. The van der Waals surface area contributed by atoms with Gasteiger partial charge in [0, 0.05) is 28.1 Å². The van der Waals surface area contributed by atoms with Crippen molar-refractivity contribution in [3.8, 4) is 5.75 Å². The van der Waals surface area contributed by atoms with Crippen LogP contribution in [0.15, 0.2) is 71.1 Å². The Balaban J connectivity index is 1.51. The smallest absolute Gasteiger partial charge is 0.255 e. The Morgan fingerprint density at radius 1 is 0.964 bits per heavy atom. The zero-order chi connectivity index (χ0) is 19.5. The summed E-state index contributed by atoms with van der Waals surface area (Å²) in [7, 11) is 0. The van der Waals surface area contributed by atoms with Crippen molar-refractivity contribution in [2.75, 3.05) is 11.9 Å². The normalized spacial score (nSPS) is 11.2. The van der Waals surface area contributed by atoms with Gasteiger partial charge >= 0.3 is 0 Å². The standard InChI is InChI=1S/C24H23NO3/c1-16(2)12-13-27-19-7-5-6-17(14-19)24(26)25-18-10-11-21-20-8-3-4-9-22(20)28-23(21)15-18/h3-11,14-16H,12-13H2,1-2H3,(H,25,26). The molecule has 1 amide bonds. The Kier molecular flexibility index (Phi) is 5.02. The number of hydrogen-bond acceptors (Lipinski definition) is 3. The second-order valence-corrected chi connectivity index (χ2v) is 7.32. The van der Waals surface area contributed by atoms with Crippen molar-refractivity contribution in [3.05, 3.63) is 72.3 Å². The lowest BCUT2D eigenvalue weighted by Crippen LogP contribution is -2.12. The number of amides is 1. The van der Waals surface area contributed by atoms with Crippen LogP contribution in [0, 0.1) is 5.92 Å². The number of benzene rings is 3. The summed E-state index contributed by atoms with van der Waals surface area (Å²) in [5.41, 5.74) is 2.85. The van der Waals surface area contributed by atoms with E-state index < -0.39 is 0 Å². The van der Waals surface area contributed by atoms with Gasteiger partial charge in [0.15, 0.2) is 0 Å². The maximum atomic E-state index is 12.7. The quantitative estimate of drug-likeness (QED) is 0.434. The van der Waals surface area contributed by atoms with E-state index in [9.17, 15) is 4.79 Å². The SMILES string of the molecule is CC(C)CCOc1cccc(C(=O)Nc2ccc3c(c2)oc2ccccc23)c1. The largest absolute Gasteiger partial charge is 0.494 e. The van der Waals surface area contributed by atoms with E-state index in [4.69, 9.17) is 9.15 Å². The molecule has 4 rings (SSSR count). The first kappa shape index (κ1) is 18.1. The van der Waals surface area contributed by atoms with Crippen LogP contribution in [-0.2, 0) is 0 Å². The molecule has 4 heteroatoms. The van der Waals surface area contributed by atoms with Gasteiger partial charge in [0.25, 0.3) is 5.91 Å². The molecule has 0 unspecified atom stereocenters. The molecule has 1 N–H and O–H groups in total. The van der Waals surface area contributed by atoms with Crippen molar-refractivity contribution < 1.29 is 13.9 Å². The molecule has 0 fully saturated rings. The summed E-state index contributed by atoms with van der Waals surface area (Å²) >= 11 is 0. The van der Waals surface area contributed by atoms with Gasteiger partial charge in [-0.2, -0.15) is 0 Å². The lowest BCUT2D eigenvalue weighted by molar-refractivity contribution is 0.102. The summed E-state index contributed by atoms with van der Waals surface area (Å²) in [6.07, 6.45) is 0.980. The molecule has 0 atom stereocenters. The number of para-hydroxylation sites is 1. The van der Waals surface area contributed by atoms with E-state index in [-0.39, 0.29) is 5.91 Å². The minimum atomic E-state index is -0.176. The predicted octanol–water partition coefficient (Wildman–Crippen LogP) is 6.26. The molecule has 0 bridgehead atoms. The zero-order valence-electron chi connectivity index (χ0n) is 16.1. The number of carbonyl (C=O) groups is 1. The first-order valence-corrected chi connectivity index (χ1v) is 9.55. The molecule has 0 spiro atoms. The van der Waals surface area contributed by atoms with Gasteiger partial charge in [0.1, 0.15) is 16.9 Å². The third kappa shape index (κ3) is 3.86. The highest BCUT2D eigenvalue weighted by atomic mass is 16.5. The van der Waals surface area contributed by atoms with E-state index in [1.807, 2.05) is 54.6 Å².